The minimum atomic E-state index is -0.398. The van der Waals surface area contributed by atoms with Crippen LogP contribution >= 0.6 is 0 Å². The molecule has 0 bridgehead atoms. The quantitative estimate of drug-likeness (QED) is 0.691. The SMILES string of the molecule is CCC(O)CNc1cc(=O)[nH]c(C2CC2)n1. The van der Waals surface area contributed by atoms with Crippen molar-refractivity contribution in [2.24, 2.45) is 0 Å². The van der Waals surface area contributed by atoms with Crippen molar-refractivity contribution >= 4 is 5.82 Å². The Kier molecular flexibility index (Phi) is 3.24. The molecular weight excluding hydrogens is 206 g/mol. The summed E-state index contributed by atoms with van der Waals surface area (Å²) in [4.78, 5) is 18.4. The van der Waals surface area contributed by atoms with Crippen LogP contribution in [0, 0.1) is 0 Å². The van der Waals surface area contributed by atoms with Crippen LogP contribution < -0.4 is 10.9 Å². The average molecular weight is 223 g/mol. The predicted molar refractivity (Wildman–Crippen MR) is 61.6 cm³/mol. The zero-order valence-corrected chi connectivity index (χ0v) is 9.36. The minimum absolute atomic E-state index is 0.134. The van der Waals surface area contributed by atoms with Crippen molar-refractivity contribution in [1.29, 1.82) is 0 Å². The highest BCUT2D eigenvalue weighted by atomic mass is 16.3. The molecular formula is C11H17N3O2. The minimum Gasteiger partial charge on any atom is -0.391 e. The Morgan fingerprint density at radius 2 is 2.44 bits per heavy atom. The average Bonchev–Trinajstić information content (AvgIpc) is 3.09. The second kappa shape index (κ2) is 4.65. The van der Waals surface area contributed by atoms with Gasteiger partial charge >= 0.3 is 0 Å². The first-order valence-electron chi connectivity index (χ1n) is 5.72. The van der Waals surface area contributed by atoms with Crippen LogP contribution in [0.3, 0.4) is 0 Å². The number of nitrogens with one attached hydrogen (secondary N) is 2. The molecule has 0 aliphatic heterocycles. The third-order valence-electron chi connectivity index (χ3n) is 2.71. The van der Waals surface area contributed by atoms with E-state index in [-0.39, 0.29) is 5.56 Å². The summed E-state index contributed by atoms with van der Waals surface area (Å²) in [5.41, 5.74) is -0.134. The molecule has 0 aromatic carbocycles. The van der Waals surface area contributed by atoms with Crippen molar-refractivity contribution in [3.63, 3.8) is 0 Å². The molecule has 3 N–H and O–H groups in total. The number of hydrogen-bond donors (Lipinski definition) is 3. The van der Waals surface area contributed by atoms with Gasteiger partial charge in [-0.3, -0.25) is 4.79 Å². The predicted octanol–water partition coefficient (Wildman–Crippen LogP) is 0.830. The van der Waals surface area contributed by atoms with E-state index in [4.69, 9.17) is 0 Å². The molecule has 1 aromatic heterocycles. The van der Waals surface area contributed by atoms with E-state index in [0.717, 1.165) is 18.7 Å². The molecule has 1 saturated carbocycles. The summed E-state index contributed by atoms with van der Waals surface area (Å²) in [7, 11) is 0. The monoisotopic (exact) mass is 223 g/mol. The lowest BCUT2D eigenvalue weighted by Gasteiger charge is -2.10. The molecule has 1 atom stereocenters. The molecule has 0 saturated heterocycles. The fourth-order valence-electron chi connectivity index (χ4n) is 1.48. The molecule has 0 spiro atoms. The van der Waals surface area contributed by atoms with E-state index < -0.39 is 6.10 Å². The molecule has 1 aliphatic rings. The molecule has 88 valence electrons. The Balaban J connectivity index is 2.05. The van der Waals surface area contributed by atoms with Gasteiger partial charge in [-0.05, 0) is 19.3 Å². The Hall–Kier alpha value is -1.36. The molecule has 1 aromatic rings. The summed E-state index contributed by atoms with van der Waals surface area (Å²) in [6, 6.07) is 1.42. The first-order chi connectivity index (χ1) is 7.69. The van der Waals surface area contributed by atoms with Gasteiger partial charge in [-0.1, -0.05) is 6.92 Å². The molecule has 1 aliphatic carbocycles. The Bertz CT molecular complexity index is 412. The number of aromatic amines is 1. The number of aliphatic hydroxyl groups excluding tert-OH is 1. The number of rotatable bonds is 5. The van der Waals surface area contributed by atoms with Gasteiger partial charge in [-0.2, -0.15) is 0 Å². The Morgan fingerprint density at radius 1 is 1.69 bits per heavy atom. The van der Waals surface area contributed by atoms with Crippen LogP contribution in [0.4, 0.5) is 5.82 Å². The Morgan fingerprint density at radius 3 is 3.06 bits per heavy atom. The van der Waals surface area contributed by atoms with E-state index in [1.54, 1.807) is 0 Å². The fourth-order valence-corrected chi connectivity index (χ4v) is 1.48. The van der Waals surface area contributed by atoms with E-state index in [1.165, 1.54) is 6.07 Å². The number of hydrogen-bond acceptors (Lipinski definition) is 4. The lowest BCUT2D eigenvalue weighted by Crippen LogP contribution is -2.21. The molecule has 5 heteroatoms. The van der Waals surface area contributed by atoms with E-state index >= 15 is 0 Å². The molecule has 0 radical (unpaired) electrons. The third-order valence-corrected chi connectivity index (χ3v) is 2.71. The smallest absolute Gasteiger partial charge is 0.252 e. The summed E-state index contributed by atoms with van der Waals surface area (Å²) < 4.78 is 0. The maximum atomic E-state index is 11.4. The van der Waals surface area contributed by atoms with Crippen LogP contribution in [0.2, 0.25) is 0 Å². The van der Waals surface area contributed by atoms with Crippen LogP contribution in [0.5, 0.6) is 0 Å². The highest BCUT2D eigenvalue weighted by Crippen LogP contribution is 2.37. The second-order valence-electron chi connectivity index (χ2n) is 4.23. The molecule has 1 unspecified atom stereocenters. The highest BCUT2D eigenvalue weighted by Gasteiger charge is 2.26. The zero-order valence-electron chi connectivity index (χ0n) is 9.36. The number of aromatic nitrogens is 2. The van der Waals surface area contributed by atoms with E-state index in [2.05, 4.69) is 15.3 Å². The van der Waals surface area contributed by atoms with E-state index in [9.17, 15) is 9.90 Å². The molecule has 1 fully saturated rings. The third kappa shape index (κ3) is 2.82. The fraction of sp³-hybridized carbons (Fsp3) is 0.636. The summed E-state index contributed by atoms with van der Waals surface area (Å²) in [6.45, 7) is 2.34. The van der Waals surface area contributed by atoms with Gasteiger partial charge in [0.15, 0.2) is 0 Å². The van der Waals surface area contributed by atoms with Crippen LogP contribution in [-0.4, -0.2) is 27.7 Å². The van der Waals surface area contributed by atoms with Gasteiger partial charge in [0.1, 0.15) is 11.6 Å². The largest absolute Gasteiger partial charge is 0.391 e. The number of anilines is 1. The summed E-state index contributed by atoms with van der Waals surface area (Å²) in [5.74, 6) is 1.74. The lowest BCUT2D eigenvalue weighted by atomic mass is 10.3. The van der Waals surface area contributed by atoms with Gasteiger partial charge < -0.3 is 15.4 Å². The number of H-pyrrole nitrogens is 1. The summed E-state index contributed by atoms with van der Waals surface area (Å²) in [5, 5.41) is 12.4. The van der Waals surface area contributed by atoms with Gasteiger partial charge in [0, 0.05) is 18.5 Å². The van der Waals surface area contributed by atoms with Crippen molar-refractivity contribution in [2.45, 2.75) is 38.2 Å². The normalized spacial score (nSPS) is 17.1. The van der Waals surface area contributed by atoms with Crippen LogP contribution in [0.15, 0.2) is 10.9 Å². The second-order valence-corrected chi connectivity index (χ2v) is 4.23. The molecule has 16 heavy (non-hydrogen) atoms. The topological polar surface area (TPSA) is 78.0 Å². The molecule has 5 nitrogen and oxygen atoms in total. The van der Waals surface area contributed by atoms with Gasteiger partial charge in [0.2, 0.25) is 0 Å². The van der Waals surface area contributed by atoms with Gasteiger partial charge in [0.05, 0.1) is 6.10 Å². The van der Waals surface area contributed by atoms with E-state index in [1.807, 2.05) is 6.92 Å². The van der Waals surface area contributed by atoms with Gasteiger partial charge in [0.25, 0.3) is 5.56 Å². The van der Waals surface area contributed by atoms with E-state index in [0.29, 0.717) is 24.7 Å². The first-order valence-corrected chi connectivity index (χ1v) is 5.72. The first kappa shape index (κ1) is 11.1. The summed E-state index contributed by atoms with van der Waals surface area (Å²) >= 11 is 0. The van der Waals surface area contributed by atoms with Crippen molar-refractivity contribution in [1.82, 2.24) is 9.97 Å². The molecule has 2 rings (SSSR count). The summed E-state index contributed by atoms with van der Waals surface area (Å²) in [6.07, 6.45) is 2.49. The van der Waals surface area contributed by atoms with Crippen molar-refractivity contribution < 1.29 is 5.11 Å². The molecule has 0 amide bonds. The van der Waals surface area contributed by atoms with Crippen molar-refractivity contribution in [3.05, 3.63) is 22.2 Å². The van der Waals surface area contributed by atoms with Crippen molar-refractivity contribution in [2.75, 3.05) is 11.9 Å². The van der Waals surface area contributed by atoms with Crippen LogP contribution in [0.25, 0.3) is 0 Å². The highest BCUT2D eigenvalue weighted by molar-refractivity contribution is 5.34. The van der Waals surface area contributed by atoms with Gasteiger partial charge in [-0.15, -0.1) is 0 Å². The number of nitrogens with zero attached hydrogens (tertiary/aromatic N) is 1. The standard InChI is InChI=1S/C11H17N3O2/c1-2-8(15)6-12-9-5-10(16)14-11(13-9)7-3-4-7/h5,7-8,15H,2-4,6H2,1H3,(H2,12,13,14,16). The van der Waals surface area contributed by atoms with Gasteiger partial charge in [-0.25, -0.2) is 4.98 Å². The lowest BCUT2D eigenvalue weighted by molar-refractivity contribution is 0.183. The maximum Gasteiger partial charge on any atom is 0.252 e. The van der Waals surface area contributed by atoms with Crippen molar-refractivity contribution in [3.8, 4) is 0 Å². The zero-order chi connectivity index (χ0) is 11.5. The van der Waals surface area contributed by atoms with Crippen LogP contribution in [0.1, 0.15) is 37.9 Å². The maximum absolute atomic E-state index is 11.4. The van der Waals surface area contributed by atoms with Crippen LogP contribution in [-0.2, 0) is 0 Å². The number of aliphatic hydroxyl groups is 1. The Labute approximate surface area is 93.9 Å². The molecule has 1 heterocycles.